The fourth-order valence-corrected chi connectivity index (χ4v) is 6.50. The van der Waals surface area contributed by atoms with Crippen molar-refractivity contribution >= 4 is 39.7 Å². The van der Waals surface area contributed by atoms with Gasteiger partial charge < -0.3 is 32.6 Å². The van der Waals surface area contributed by atoms with Crippen LogP contribution >= 0.6 is 0 Å². The van der Waals surface area contributed by atoms with Crippen LogP contribution in [0.1, 0.15) is 79.1 Å². The van der Waals surface area contributed by atoms with Crippen LogP contribution < -0.4 is 27.9 Å². The molecular formula is C45H43F3O13S. The van der Waals surface area contributed by atoms with Gasteiger partial charge in [0, 0.05) is 45.2 Å². The van der Waals surface area contributed by atoms with Crippen molar-refractivity contribution in [3.63, 3.8) is 0 Å². The minimum Gasteiger partial charge on any atom is -0.496 e. The van der Waals surface area contributed by atoms with E-state index in [9.17, 15) is 40.8 Å². The molecule has 5 rings (SSSR count). The van der Waals surface area contributed by atoms with Gasteiger partial charge in [-0.2, -0.15) is 21.6 Å². The fourth-order valence-electron chi connectivity index (χ4n) is 6.04. The number of carbonyl (C=O) groups is 4. The van der Waals surface area contributed by atoms with Crippen molar-refractivity contribution in [3.05, 3.63) is 125 Å². The van der Waals surface area contributed by atoms with Crippen LogP contribution in [0.3, 0.4) is 0 Å². The monoisotopic (exact) mass is 880 g/mol. The van der Waals surface area contributed by atoms with E-state index < -0.39 is 45.2 Å². The number of esters is 2. The van der Waals surface area contributed by atoms with Gasteiger partial charge in [-0.05, 0) is 84.5 Å². The molecule has 328 valence electrons. The number of aryl methyl sites for hydroxylation is 1. The first kappa shape index (κ1) is 46.6. The van der Waals surface area contributed by atoms with Crippen LogP contribution in [-0.4, -0.2) is 57.4 Å². The second kappa shape index (κ2) is 21.4. The number of carbonyl (C=O) groups excluding carboxylic acids is 4. The van der Waals surface area contributed by atoms with Crippen LogP contribution in [-0.2, 0) is 35.7 Å². The Morgan fingerprint density at radius 3 is 2.05 bits per heavy atom. The maximum Gasteiger partial charge on any atom is 0.534 e. The van der Waals surface area contributed by atoms with E-state index in [-0.39, 0.29) is 53.3 Å². The van der Waals surface area contributed by atoms with Gasteiger partial charge in [0.1, 0.15) is 46.2 Å². The highest BCUT2D eigenvalue weighted by molar-refractivity contribution is 7.88. The van der Waals surface area contributed by atoms with Gasteiger partial charge in [0.05, 0.1) is 13.7 Å². The second-order valence-electron chi connectivity index (χ2n) is 13.8. The summed E-state index contributed by atoms with van der Waals surface area (Å²) in [5.41, 5.74) is -4.07. The summed E-state index contributed by atoms with van der Waals surface area (Å²) in [7, 11) is -4.69. The molecular weight excluding hydrogens is 838 g/mol. The summed E-state index contributed by atoms with van der Waals surface area (Å²) in [6.45, 7) is 3.07. The molecule has 1 aliphatic rings. The molecule has 0 spiro atoms. The Morgan fingerprint density at radius 2 is 1.44 bits per heavy atom. The Labute approximate surface area is 356 Å². The zero-order valence-electron chi connectivity index (χ0n) is 33.8. The van der Waals surface area contributed by atoms with Crippen LogP contribution in [0.2, 0.25) is 0 Å². The molecule has 4 aromatic rings. The minimum atomic E-state index is -5.97. The maximum absolute atomic E-state index is 13.9. The van der Waals surface area contributed by atoms with E-state index in [1.54, 1.807) is 12.1 Å². The van der Waals surface area contributed by atoms with Crippen LogP contribution in [0.15, 0.2) is 103 Å². The van der Waals surface area contributed by atoms with Gasteiger partial charge in [-0.25, -0.2) is 0 Å². The summed E-state index contributed by atoms with van der Waals surface area (Å²) < 4.78 is 100. The first-order valence-corrected chi connectivity index (χ1v) is 20.7. The molecule has 0 bridgehead atoms. The van der Waals surface area contributed by atoms with E-state index in [0.717, 1.165) is 43.9 Å². The lowest BCUT2D eigenvalue weighted by atomic mass is 10.0. The average Bonchev–Trinajstić information content (AvgIpc) is 3.22. The molecule has 13 nitrogen and oxygen atoms in total. The SMILES string of the molecule is COc1cc(OC(C)=O)cc(O[C@@H](C/C=C/C(=O)CCc2ccc(O[C@H]3CCCCO3)cc2)c2ccc(OS(=O)(=O)C(F)(F)F)cc2)c1C(=O)/C=C/c1ccc(OC(C)=O)cc1. The molecule has 0 amide bonds. The number of hydrogen-bond donors (Lipinski definition) is 0. The van der Waals surface area contributed by atoms with Crippen molar-refractivity contribution in [2.24, 2.45) is 0 Å². The molecule has 0 aromatic heterocycles. The van der Waals surface area contributed by atoms with Crippen molar-refractivity contribution in [2.45, 2.75) is 70.3 Å². The number of allylic oxidation sites excluding steroid dienone is 2. The number of rotatable bonds is 19. The standard InChI is InChI=1S/C45H43F3O13S/c1-29(49)57-35-19-11-32(12-20-35)15-25-39(52)44-41(55-3)27-38(58-30(2)50)28-42(44)60-40(33-16-23-37(24-17-33)61-62(53,54)45(46,47)48)8-6-7-34(51)18-10-31-13-21-36(22-14-31)59-43-9-4-5-26-56-43/h6-7,11-17,19-25,27-28,40,43H,4-5,8-10,18,26H2,1-3H3/b7-6+,25-15+/t40-,43-/m0/s1. The highest BCUT2D eigenvalue weighted by atomic mass is 32.2. The third kappa shape index (κ3) is 13.8. The molecule has 0 N–H and O–H groups in total. The molecule has 1 heterocycles. The summed E-state index contributed by atoms with van der Waals surface area (Å²) in [4.78, 5) is 50.2. The predicted molar refractivity (Wildman–Crippen MR) is 219 cm³/mol. The normalized spacial score (nSPS) is 14.8. The van der Waals surface area contributed by atoms with Crippen molar-refractivity contribution < 1.29 is 73.4 Å². The van der Waals surface area contributed by atoms with Gasteiger partial charge in [0.2, 0.25) is 0 Å². The molecule has 0 aliphatic carbocycles. The Hall–Kier alpha value is -6.46. The topological polar surface area (TPSA) is 167 Å². The number of hydrogen-bond acceptors (Lipinski definition) is 13. The van der Waals surface area contributed by atoms with E-state index in [1.165, 1.54) is 74.7 Å². The van der Waals surface area contributed by atoms with Crippen LogP contribution in [0.5, 0.6) is 34.5 Å². The van der Waals surface area contributed by atoms with E-state index in [0.29, 0.717) is 30.1 Å². The predicted octanol–water partition coefficient (Wildman–Crippen LogP) is 8.84. The Kier molecular flexibility index (Phi) is 16.1. The van der Waals surface area contributed by atoms with E-state index >= 15 is 0 Å². The second-order valence-corrected chi connectivity index (χ2v) is 15.3. The maximum atomic E-state index is 13.9. The molecule has 4 aromatic carbocycles. The van der Waals surface area contributed by atoms with Crippen molar-refractivity contribution in [2.75, 3.05) is 13.7 Å². The molecule has 62 heavy (non-hydrogen) atoms. The van der Waals surface area contributed by atoms with Crippen LogP contribution in [0, 0.1) is 0 Å². The van der Waals surface area contributed by atoms with Crippen molar-refractivity contribution in [1.29, 1.82) is 0 Å². The quantitative estimate of drug-likeness (QED) is 0.0219. The summed E-state index contributed by atoms with van der Waals surface area (Å²) in [6.07, 6.45) is 7.54. The lowest BCUT2D eigenvalue weighted by Crippen LogP contribution is -2.28. The number of methoxy groups -OCH3 is 1. The molecule has 2 atom stereocenters. The van der Waals surface area contributed by atoms with Gasteiger partial charge in [-0.15, -0.1) is 0 Å². The number of alkyl halides is 3. The molecule has 0 radical (unpaired) electrons. The average molecular weight is 881 g/mol. The third-order valence-electron chi connectivity index (χ3n) is 8.99. The van der Waals surface area contributed by atoms with Gasteiger partial charge >= 0.3 is 27.6 Å². The van der Waals surface area contributed by atoms with Gasteiger partial charge in [0.25, 0.3) is 0 Å². The van der Waals surface area contributed by atoms with Crippen LogP contribution in [0.25, 0.3) is 6.08 Å². The summed E-state index contributed by atoms with van der Waals surface area (Å²) in [5.74, 6) is -2.00. The van der Waals surface area contributed by atoms with Crippen LogP contribution in [0.4, 0.5) is 13.2 Å². The van der Waals surface area contributed by atoms with E-state index in [4.69, 9.17) is 28.4 Å². The lowest BCUT2D eigenvalue weighted by Gasteiger charge is -2.23. The van der Waals surface area contributed by atoms with Gasteiger partial charge in [-0.1, -0.05) is 48.6 Å². The highest BCUT2D eigenvalue weighted by Gasteiger charge is 2.48. The molecule has 1 saturated heterocycles. The summed E-state index contributed by atoms with van der Waals surface area (Å²) in [5, 5.41) is 0. The number of ether oxygens (including phenoxy) is 6. The molecule has 1 aliphatic heterocycles. The van der Waals surface area contributed by atoms with E-state index in [1.807, 2.05) is 24.3 Å². The zero-order chi connectivity index (χ0) is 44.9. The first-order valence-electron chi connectivity index (χ1n) is 19.2. The molecule has 0 saturated carbocycles. The molecule has 1 fully saturated rings. The lowest BCUT2D eigenvalue weighted by molar-refractivity contribution is -0.132. The van der Waals surface area contributed by atoms with Gasteiger partial charge in [0.15, 0.2) is 17.9 Å². The summed E-state index contributed by atoms with van der Waals surface area (Å²) in [6, 6.07) is 20.7. The first-order chi connectivity index (χ1) is 29.5. The number of ketones is 2. The number of halogens is 3. The van der Waals surface area contributed by atoms with E-state index in [2.05, 4.69) is 4.18 Å². The van der Waals surface area contributed by atoms with Crippen molar-refractivity contribution in [3.8, 4) is 34.5 Å². The Bertz CT molecular complexity index is 2370. The Balaban J connectivity index is 1.40. The van der Waals surface area contributed by atoms with Gasteiger partial charge in [-0.3, -0.25) is 19.2 Å². The zero-order valence-corrected chi connectivity index (χ0v) is 34.7. The third-order valence-corrected chi connectivity index (χ3v) is 9.97. The largest absolute Gasteiger partial charge is 0.534 e. The fraction of sp³-hybridized carbons (Fsp3) is 0.289. The summed E-state index contributed by atoms with van der Waals surface area (Å²) >= 11 is 0. The smallest absolute Gasteiger partial charge is 0.496 e. The van der Waals surface area contributed by atoms with Crippen molar-refractivity contribution in [1.82, 2.24) is 0 Å². The molecule has 17 heteroatoms. The molecule has 0 unspecified atom stereocenters. The Morgan fingerprint density at radius 1 is 0.806 bits per heavy atom. The number of benzene rings is 4. The minimum absolute atomic E-state index is 0.0499. The highest BCUT2D eigenvalue weighted by Crippen LogP contribution is 2.39.